The summed E-state index contributed by atoms with van der Waals surface area (Å²) in [5.41, 5.74) is 2.33. The van der Waals surface area contributed by atoms with Crippen molar-refractivity contribution in [3.63, 3.8) is 0 Å². The average Bonchev–Trinajstić information content (AvgIpc) is 2.70. The summed E-state index contributed by atoms with van der Waals surface area (Å²) in [7, 11) is 3.63. The molecule has 0 radical (unpaired) electrons. The fraction of sp³-hybridized carbons (Fsp3) is 0.286. The van der Waals surface area contributed by atoms with Gasteiger partial charge in [-0.25, -0.2) is 0 Å². The molecular weight excluding hydrogens is 346 g/mol. The Balaban J connectivity index is 2.50. The van der Waals surface area contributed by atoms with Crippen molar-refractivity contribution < 1.29 is 4.74 Å². The molecule has 19 heavy (non-hydrogen) atoms. The Hall–Kier alpha value is -0.550. The molecule has 2 nitrogen and oxygen atoms in total. The maximum Gasteiger partial charge on any atom is 0.124 e. The van der Waals surface area contributed by atoms with Gasteiger partial charge in [-0.1, -0.05) is 29.3 Å². The number of thiophene rings is 1. The van der Waals surface area contributed by atoms with Crippen LogP contribution in [0.2, 0.25) is 5.02 Å². The van der Waals surface area contributed by atoms with Crippen LogP contribution in [0.15, 0.2) is 28.1 Å². The van der Waals surface area contributed by atoms with E-state index in [1.807, 2.05) is 25.2 Å². The molecular formula is C14H15BrClNOS. The Morgan fingerprint density at radius 1 is 1.37 bits per heavy atom. The lowest BCUT2D eigenvalue weighted by atomic mass is 10.0. The van der Waals surface area contributed by atoms with Crippen molar-refractivity contribution in [2.24, 2.45) is 0 Å². The summed E-state index contributed by atoms with van der Waals surface area (Å²) < 4.78 is 6.42. The molecule has 0 bridgehead atoms. The van der Waals surface area contributed by atoms with Gasteiger partial charge in [0.15, 0.2) is 0 Å². The summed E-state index contributed by atoms with van der Waals surface area (Å²) in [4.78, 5) is 1.16. The molecule has 0 aliphatic carbocycles. The quantitative estimate of drug-likeness (QED) is 0.846. The normalized spacial score (nSPS) is 12.5. The fourth-order valence-corrected chi connectivity index (χ4v) is 3.91. The lowest BCUT2D eigenvalue weighted by Crippen LogP contribution is -2.17. The second kappa shape index (κ2) is 6.27. The number of rotatable bonds is 4. The Morgan fingerprint density at radius 2 is 2.11 bits per heavy atom. The summed E-state index contributed by atoms with van der Waals surface area (Å²) >= 11 is 11.2. The van der Waals surface area contributed by atoms with E-state index in [1.54, 1.807) is 18.4 Å². The average molecular weight is 361 g/mol. The van der Waals surface area contributed by atoms with Gasteiger partial charge in [0.25, 0.3) is 0 Å². The van der Waals surface area contributed by atoms with Crippen LogP contribution in [-0.4, -0.2) is 14.2 Å². The minimum atomic E-state index is 0.0728. The molecule has 0 amide bonds. The predicted octanol–water partition coefficient (Wildman–Crippen LogP) is 4.79. The van der Waals surface area contributed by atoms with E-state index < -0.39 is 0 Å². The first-order chi connectivity index (χ1) is 9.06. The van der Waals surface area contributed by atoms with Gasteiger partial charge in [-0.05, 0) is 42.0 Å². The van der Waals surface area contributed by atoms with Crippen LogP contribution in [0, 0.1) is 6.92 Å². The highest BCUT2D eigenvalue weighted by Crippen LogP contribution is 2.39. The van der Waals surface area contributed by atoms with E-state index in [-0.39, 0.29) is 6.04 Å². The lowest BCUT2D eigenvalue weighted by molar-refractivity contribution is 0.405. The smallest absolute Gasteiger partial charge is 0.124 e. The van der Waals surface area contributed by atoms with Crippen LogP contribution in [0.25, 0.3) is 0 Å². The van der Waals surface area contributed by atoms with Gasteiger partial charge in [0.2, 0.25) is 0 Å². The molecule has 2 rings (SSSR count). The number of aryl methyl sites for hydroxylation is 1. The first-order valence-corrected chi connectivity index (χ1v) is 7.82. The minimum absolute atomic E-state index is 0.0728. The van der Waals surface area contributed by atoms with Gasteiger partial charge in [-0.15, -0.1) is 11.3 Å². The summed E-state index contributed by atoms with van der Waals surface area (Å²) in [6.45, 7) is 2.08. The Morgan fingerprint density at radius 3 is 2.63 bits per heavy atom. The van der Waals surface area contributed by atoms with Crippen molar-refractivity contribution in [2.45, 2.75) is 13.0 Å². The third kappa shape index (κ3) is 3.14. The van der Waals surface area contributed by atoms with Crippen LogP contribution in [0.5, 0.6) is 5.75 Å². The van der Waals surface area contributed by atoms with Crippen molar-refractivity contribution >= 4 is 38.9 Å². The molecule has 0 spiro atoms. The Bertz CT molecular complexity index is 565. The first-order valence-electron chi connectivity index (χ1n) is 5.83. The third-order valence-corrected chi connectivity index (χ3v) is 5.47. The van der Waals surface area contributed by atoms with Gasteiger partial charge >= 0.3 is 0 Å². The predicted molar refractivity (Wildman–Crippen MR) is 85.7 cm³/mol. The van der Waals surface area contributed by atoms with E-state index in [4.69, 9.17) is 16.3 Å². The number of hydrogen-bond donors (Lipinski definition) is 1. The molecule has 1 atom stereocenters. The van der Waals surface area contributed by atoms with E-state index in [0.717, 1.165) is 25.0 Å². The molecule has 0 fully saturated rings. The summed E-state index contributed by atoms with van der Waals surface area (Å²) in [5, 5.41) is 4.07. The first kappa shape index (κ1) is 14.9. The number of nitrogens with one attached hydrogen (secondary N) is 1. The molecule has 0 saturated carbocycles. The maximum absolute atomic E-state index is 6.13. The van der Waals surface area contributed by atoms with Gasteiger partial charge in [0.1, 0.15) is 5.75 Å². The second-order valence-electron chi connectivity index (χ2n) is 4.24. The maximum atomic E-state index is 6.13. The van der Waals surface area contributed by atoms with E-state index in [1.165, 1.54) is 5.56 Å². The number of methoxy groups -OCH3 is 1. The van der Waals surface area contributed by atoms with E-state index in [0.29, 0.717) is 0 Å². The number of hydrogen-bond acceptors (Lipinski definition) is 3. The van der Waals surface area contributed by atoms with Gasteiger partial charge in [-0.2, -0.15) is 0 Å². The highest BCUT2D eigenvalue weighted by molar-refractivity contribution is 9.11. The summed E-state index contributed by atoms with van der Waals surface area (Å²) in [6, 6.07) is 8.25. The van der Waals surface area contributed by atoms with E-state index >= 15 is 0 Å². The Labute approximate surface area is 130 Å². The molecule has 102 valence electrons. The number of benzene rings is 1. The van der Waals surface area contributed by atoms with E-state index in [2.05, 4.69) is 34.2 Å². The molecule has 0 saturated heterocycles. The highest BCUT2D eigenvalue weighted by Gasteiger charge is 2.20. The molecule has 1 N–H and O–H groups in total. The molecule has 1 unspecified atom stereocenters. The summed E-state index contributed by atoms with van der Waals surface area (Å²) in [6.07, 6.45) is 0. The summed E-state index contributed by atoms with van der Waals surface area (Å²) in [5.74, 6) is 0.880. The van der Waals surface area contributed by atoms with Crippen molar-refractivity contribution in [1.29, 1.82) is 0 Å². The van der Waals surface area contributed by atoms with Crippen LogP contribution in [0.3, 0.4) is 0 Å². The molecule has 1 aromatic heterocycles. The van der Waals surface area contributed by atoms with E-state index in [9.17, 15) is 0 Å². The standard InChI is InChI=1S/C14H15BrClNOS/c1-8-4-5-11(18-3)9(6-8)13(17-2)12-7-10(16)14(15)19-12/h4-7,13,17H,1-3H3. The van der Waals surface area contributed by atoms with Crippen LogP contribution in [0.4, 0.5) is 0 Å². The molecule has 1 heterocycles. The molecule has 0 aliphatic rings. The topological polar surface area (TPSA) is 21.3 Å². The zero-order chi connectivity index (χ0) is 14.0. The van der Waals surface area contributed by atoms with Crippen molar-refractivity contribution in [2.75, 3.05) is 14.2 Å². The SMILES string of the molecule is CNC(c1cc(Cl)c(Br)s1)c1cc(C)ccc1OC. The zero-order valence-electron chi connectivity index (χ0n) is 11.0. The minimum Gasteiger partial charge on any atom is -0.496 e. The highest BCUT2D eigenvalue weighted by atomic mass is 79.9. The molecule has 2 aromatic rings. The number of ether oxygens (including phenoxy) is 1. The van der Waals surface area contributed by atoms with Crippen LogP contribution in [0.1, 0.15) is 22.0 Å². The fourth-order valence-electron chi connectivity index (χ4n) is 2.04. The lowest BCUT2D eigenvalue weighted by Gasteiger charge is -2.18. The van der Waals surface area contributed by atoms with Crippen molar-refractivity contribution in [3.8, 4) is 5.75 Å². The van der Waals surface area contributed by atoms with Crippen LogP contribution < -0.4 is 10.1 Å². The van der Waals surface area contributed by atoms with Crippen molar-refractivity contribution in [1.82, 2.24) is 5.32 Å². The third-order valence-electron chi connectivity index (χ3n) is 2.93. The largest absolute Gasteiger partial charge is 0.496 e. The van der Waals surface area contributed by atoms with Gasteiger partial charge in [-0.3, -0.25) is 0 Å². The second-order valence-corrected chi connectivity index (χ2v) is 7.05. The van der Waals surface area contributed by atoms with Crippen LogP contribution >= 0.6 is 38.9 Å². The van der Waals surface area contributed by atoms with Crippen molar-refractivity contribution in [3.05, 3.63) is 49.1 Å². The zero-order valence-corrected chi connectivity index (χ0v) is 14.1. The van der Waals surface area contributed by atoms with Crippen LogP contribution in [-0.2, 0) is 0 Å². The van der Waals surface area contributed by atoms with Gasteiger partial charge in [0, 0.05) is 10.4 Å². The molecule has 0 aliphatic heterocycles. The number of halogens is 2. The van der Waals surface area contributed by atoms with Gasteiger partial charge < -0.3 is 10.1 Å². The molecule has 5 heteroatoms. The monoisotopic (exact) mass is 359 g/mol. The Kier molecular flexibility index (Phi) is 4.90. The molecule has 1 aromatic carbocycles. The van der Waals surface area contributed by atoms with Gasteiger partial charge in [0.05, 0.1) is 22.0 Å².